The first-order valence-corrected chi connectivity index (χ1v) is 5.39. The predicted octanol–water partition coefficient (Wildman–Crippen LogP) is 1.31. The van der Waals surface area contributed by atoms with E-state index in [4.69, 9.17) is 5.73 Å². The van der Waals surface area contributed by atoms with Crippen LogP contribution < -0.4 is 11.1 Å². The van der Waals surface area contributed by atoms with Crippen molar-refractivity contribution in [2.75, 3.05) is 0 Å². The molecule has 0 spiro atoms. The first-order valence-electron chi connectivity index (χ1n) is 5.39. The third kappa shape index (κ3) is 2.97. The molecule has 1 aromatic rings. The molecule has 1 amide bonds. The van der Waals surface area contributed by atoms with E-state index in [-0.39, 0.29) is 11.8 Å². The maximum Gasteiger partial charge on any atom is 0.239 e. The summed E-state index contributed by atoms with van der Waals surface area (Å²) in [7, 11) is 0. The molecule has 16 heavy (non-hydrogen) atoms. The summed E-state index contributed by atoms with van der Waals surface area (Å²) < 4.78 is 0. The number of phenols is 1. The van der Waals surface area contributed by atoms with Gasteiger partial charge in [-0.25, -0.2) is 0 Å². The van der Waals surface area contributed by atoms with Gasteiger partial charge in [0.15, 0.2) is 0 Å². The van der Waals surface area contributed by atoms with Crippen molar-refractivity contribution in [2.24, 2.45) is 5.73 Å². The largest absolute Gasteiger partial charge is 0.508 e. The zero-order valence-electron chi connectivity index (χ0n) is 9.60. The second kappa shape index (κ2) is 5.51. The maximum absolute atomic E-state index is 11.4. The standard InChI is InChI=1S/C12H18N2O2/c1-3-8(2)14-11(12(13)16)9-6-4-5-7-10(9)15/h4-8,11,14-15H,3H2,1-2H3,(H2,13,16). The number of phenolic OH excluding ortho intramolecular Hbond substituents is 1. The summed E-state index contributed by atoms with van der Waals surface area (Å²) in [6, 6.07) is 6.24. The van der Waals surface area contributed by atoms with Gasteiger partial charge in [-0.1, -0.05) is 25.1 Å². The highest BCUT2D eigenvalue weighted by Crippen LogP contribution is 2.23. The highest BCUT2D eigenvalue weighted by Gasteiger charge is 2.21. The topological polar surface area (TPSA) is 75.3 Å². The molecule has 1 aromatic carbocycles. The van der Waals surface area contributed by atoms with Gasteiger partial charge in [-0.15, -0.1) is 0 Å². The number of amides is 1. The molecule has 0 aliphatic carbocycles. The normalized spacial score (nSPS) is 14.4. The smallest absolute Gasteiger partial charge is 0.239 e. The predicted molar refractivity (Wildman–Crippen MR) is 62.9 cm³/mol. The molecule has 0 aliphatic rings. The van der Waals surface area contributed by atoms with Crippen molar-refractivity contribution in [1.29, 1.82) is 0 Å². The van der Waals surface area contributed by atoms with Crippen LogP contribution >= 0.6 is 0 Å². The molecule has 2 atom stereocenters. The van der Waals surface area contributed by atoms with Crippen LogP contribution in [0.3, 0.4) is 0 Å². The van der Waals surface area contributed by atoms with Crippen molar-refractivity contribution in [3.05, 3.63) is 29.8 Å². The average molecular weight is 222 g/mol. The van der Waals surface area contributed by atoms with Crippen LogP contribution in [0.4, 0.5) is 0 Å². The zero-order chi connectivity index (χ0) is 12.1. The molecule has 0 heterocycles. The number of hydrogen-bond acceptors (Lipinski definition) is 3. The quantitative estimate of drug-likeness (QED) is 0.703. The number of para-hydroxylation sites is 1. The summed E-state index contributed by atoms with van der Waals surface area (Å²) in [6.45, 7) is 3.98. The molecular weight excluding hydrogens is 204 g/mol. The molecule has 4 nitrogen and oxygen atoms in total. The van der Waals surface area contributed by atoms with E-state index in [0.29, 0.717) is 5.56 Å². The lowest BCUT2D eigenvalue weighted by molar-refractivity contribution is -0.120. The first-order chi connectivity index (χ1) is 7.56. The number of hydrogen-bond donors (Lipinski definition) is 3. The Hall–Kier alpha value is -1.55. The summed E-state index contributed by atoms with van der Waals surface area (Å²) in [5.74, 6) is -0.399. The third-order valence-corrected chi connectivity index (χ3v) is 2.60. The SMILES string of the molecule is CCC(C)NC(C(N)=O)c1ccccc1O. The van der Waals surface area contributed by atoms with Gasteiger partial charge in [-0.3, -0.25) is 10.1 Å². The molecule has 0 saturated heterocycles. The van der Waals surface area contributed by atoms with E-state index in [0.717, 1.165) is 6.42 Å². The van der Waals surface area contributed by atoms with Crippen LogP contribution in [0, 0.1) is 0 Å². The van der Waals surface area contributed by atoms with Crippen molar-refractivity contribution in [3.8, 4) is 5.75 Å². The van der Waals surface area contributed by atoms with Crippen molar-refractivity contribution < 1.29 is 9.90 Å². The Morgan fingerprint density at radius 3 is 2.62 bits per heavy atom. The Labute approximate surface area is 95.5 Å². The van der Waals surface area contributed by atoms with Crippen LogP contribution in [0.25, 0.3) is 0 Å². The molecule has 4 N–H and O–H groups in total. The van der Waals surface area contributed by atoms with E-state index in [1.807, 2.05) is 13.8 Å². The summed E-state index contributed by atoms with van der Waals surface area (Å²) in [5, 5.41) is 12.8. The second-order valence-electron chi connectivity index (χ2n) is 3.87. The summed E-state index contributed by atoms with van der Waals surface area (Å²) in [6.07, 6.45) is 0.886. The van der Waals surface area contributed by atoms with Gasteiger partial charge in [0.25, 0.3) is 0 Å². The molecule has 0 aliphatic heterocycles. The van der Waals surface area contributed by atoms with Gasteiger partial charge in [0.2, 0.25) is 5.91 Å². The highest BCUT2D eigenvalue weighted by atomic mass is 16.3. The first kappa shape index (κ1) is 12.5. The minimum Gasteiger partial charge on any atom is -0.508 e. The number of nitrogens with two attached hydrogens (primary N) is 1. The lowest BCUT2D eigenvalue weighted by Crippen LogP contribution is -2.38. The highest BCUT2D eigenvalue weighted by molar-refractivity contribution is 5.82. The molecule has 2 unspecified atom stereocenters. The Morgan fingerprint density at radius 1 is 1.50 bits per heavy atom. The lowest BCUT2D eigenvalue weighted by atomic mass is 10.0. The molecular formula is C12H18N2O2. The number of aromatic hydroxyl groups is 1. The van der Waals surface area contributed by atoms with Gasteiger partial charge >= 0.3 is 0 Å². The number of carbonyl (C=O) groups excluding carboxylic acids is 1. The summed E-state index contributed by atoms with van der Waals surface area (Å²) in [5.41, 5.74) is 5.85. The Balaban J connectivity index is 2.94. The van der Waals surface area contributed by atoms with Gasteiger partial charge in [0.1, 0.15) is 11.8 Å². The molecule has 0 saturated carbocycles. The van der Waals surface area contributed by atoms with Crippen LogP contribution in [0.2, 0.25) is 0 Å². The van der Waals surface area contributed by atoms with E-state index in [1.54, 1.807) is 24.3 Å². The maximum atomic E-state index is 11.4. The summed E-state index contributed by atoms with van der Waals surface area (Å²) >= 11 is 0. The fourth-order valence-corrected chi connectivity index (χ4v) is 1.46. The van der Waals surface area contributed by atoms with E-state index in [9.17, 15) is 9.90 Å². The van der Waals surface area contributed by atoms with E-state index in [2.05, 4.69) is 5.32 Å². The Kier molecular flexibility index (Phi) is 4.31. The van der Waals surface area contributed by atoms with Gasteiger partial charge in [-0.05, 0) is 19.4 Å². The number of carbonyl (C=O) groups is 1. The molecule has 0 fully saturated rings. The number of rotatable bonds is 5. The van der Waals surface area contributed by atoms with Crippen molar-refractivity contribution in [1.82, 2.24) is 5.32 Å². The van der Waals surface area contributed by atoms with E-state index < -0.39 is 11.9 Å². The molecule has 0 aromatic heterocycles. The van der Waals surface area contributed by atoms with Crippen molar-refractivity contribution in [3.63, 3.8) is 0 Å². The molecule has 88 valence electrons. The Bertz CT molecular complexity index is 366. The van der Waals surface area contributed by atoms with Gasteiger partial charge in [0, 0.05) is 11.6 Å². The van der Waals surface area contributed by atoms with Crippen LogP contribution in [0.15, 0.2) is 24.3 Å². The number of benzene rings is 1. The van der Waals surface area contributed by atoms with Crippen LogP contribution in [-0.4, -0.2) is 17.1 Å². The van der Waals surface area contributed by atoms with Crippen LogP contribution in [0.1, 0.15) is 31.9 Å². The third-order valence-electron chi connectivity index (χ3n) is 2.60. The molecule has 1 rings (SSSR count). The fourth-order valence-electron chi connectivity index (χ4n) is 1.46. The zero-order valence-corrected chi connectivity index (χ0v) is 9.60. The monoisotopic (exact) mass is 222 g/mol. The van der Waals surface area contributed by atoms with Gasteiger partial charge in [-0.2, -0.15) is 0 Å². The van der Waals surface area contributed by atoms with Crippen molar-refractivity contribution >= 4 is 5.91 Å². The van der Waals surface area contributed by atoms with Crippen LogP contribution in [0.5, 0.6) is 5.75 Å². The Morgan fingerprint density at radius 2 is 2.12 bits per heavy atom. The minimum atomic E-state index is -0.642. The summed E-state index contributed by atoms with van der Waals surface area (Å²) in [4.78, 5) is 11.4. The van der Waals surface area contributed by atoms with Gasteiger partial charge in [0.05, 0.1) is 0 Å². The van der Waals surface area contributed by atoms with E-state index in [1.165, 1.54) is 0 Å². The van der Waals surface area contributed by atoms with Crippen molar-refractivity contribution in [2.45, 2.75) is 32.4 Å². The second-order valence-corrected chi connectivity index (χ2v) is 3.87. The fraction of sp³-hybridized carbons (Fsp3) is 0.417. The molecule has 4 heteroatoms. The number of primary amides is 1. The lowest BCUT2D eigenvalue weighted by Gasteiger charge is -2.20. The van der Waals surface area contributed by atoms with Crippen LogP contribution in [-0.2, 0) is 4.79 Å². The average Bonchev–Trinajstić information content (AvgIpc) is 2.26. The number of nitrogens with one attached hydrogen (secondary N) is 1. The molecule has 0 bridgehead atoms. The molecule has 0 radical (unpaired) electrons. The van der Waals surface area contributed by atoms with Gasteiger partial charge < -0.3 is 10.8 Å². The van der Waals surface area contributed by atoms with E-state index >= 15 is 0 Å². The minimum absolute atomic E-state index is 0.0853.